The average Bonchev–Trinajstić information content (AvgIpc) is 2.81. The van der Waals surface area contributed by atoms with Gasteiger partial charge >= 0.3 is 0 Å². The Bertz CT molecular complexity index is 961. The summed E-state index contributed by atoms with van der Waals surface area (Å²) < 4.78 is 3.26. The predicted molar refractivity (Wildman–Crippen MR) is 98.5 cm³/mol. The van der Waals surface area contributed by atoms with E-state index in [2.05, 4.69) is 26.6 Å². The Balaban J connectivity index is 2.23. The SMILES string of the molecule is Clc1ccc2c(c1)c1cc(Cl)ccc1n2-c1ccccc1Br. The van der Waals surface area contributed by atoms with Crippen molar-refractivity contribution in [2.24, 2.45) is 0 Å². The largest absolute Gasteiger partial charge is 0.308 e. The molecule has 0 spiro atoms. The molecule has 1 heterocycles. The summed E-state index contributed by atoms with van der Waals surface area (Å²) in [5.41, 5.74) is 3.30. The second-order valence-electron chi connectivity index (χ2n) is 5.11. The lowest BCUT2D eigenvalue weighted by molar-refractivity contribution is 1.17. The molecule has 0 aliphatic rings. The normalized spacial score (nSPS) is 11.4. The molecule has 22 heavy (non-hydrogen) atoms. The Morgan fingerprint density at radius 2 is 1.27 bits per heavy atom. The Labute approximate surface area is 146 Å². The molecule has 0 bridgehead atoms. The van der Waals surface area contributed by atoms with Crippen molar-refractivity contribution in [1.29, 1.82) is 0 Å². The molecular weight excluding hydrogens is 381 g/mol. The van der Waals surface area contributed by atoms with Crippen LogP contribution in [0.2, 0.25) is 10.0 Å². The first-order chi connectivity index (χ1) is 10.6. The molecule has 0 saturated heterocycles. The number of fused-ring (bicyclic) bond motifs is 3. The molecule has 0 amide bonds. The van der Waals surface area contributed by atoms with Gasteiger partial charge in [0.25, 0.3) is 0 Å². The molecule has 1 nitrogen and oxygen atoms in total. The number of hydrogen-bond acceptors (Lipinski definition) is 0. The first-order valence-corrected chi connectivity index (χ1v) is 8.34. The maximum atomic E-state index is 6.19. The Morgan fingerprint density at radius 3 is 1.82 bits per heavy atom. The minimum atomic E-state index is 0.721. The zero-order valence-electron chi connectivity index (χ0n) is 11.4. The van der Waals surface area contributed by atoms with Gasteiger partial charge in [0.15, 0.2) is 0 Å². The molecule has 0 atom stereocenters. The van der Waals surface area contributed by atoms with Gasteiger partial charge in [0, 0.05) is 25.3 Å². The fraction of sp³-hybridized carbons (Fsp3) is 0. The number of para-hydroxylation sites is 1. The molecule has 0 aliphatic carbocycles. The van der Waals surface area contributed by atoms with Crippen LogP contribution in [-0.4, -0.2) is 4.57 Å². The van der Waals surface area contributed by atoms with Crippen LogP contribution in [0.15, 0.2) is 65.1 Å². The molecule has 0 aliphatic heterocycles. The van der Waals surface area contributed by atoms with E-state index in [0.717, 1.165) is 42.0 Å². The number of rotatable bonds is 1. The summed E-state index contributed by atoms with van der Waals surface area (Å²) >= 11 is 16.0. The van der Waals surface area contributed by atoms with E-state index < -0.39 is 0 Å². The summed E-state index contributed by atoms with van der Waals surface area (Å²) in [6.07, 6.45) is 0. The zero-order chi connectivity index (χ0) is 15.3. The molecule has 0 unspecified atom stereocenters. The van der Waals surface area contributed by atoms with E-state index >= 15 is 0 Å². The van der Waals surface area contributed by atoms with Crippen molar-refractivity contribution in [2.75, 3.05) is 0 Å². The van der Waals surface area contributed by atoms with Gasteiger partial charge in [0.05, 0.1) is 16.7 Å². The van der Waals surface area contributed by atoms with Crippen molar-refractivity contribution in [3.8, 4) is 5.69 Å². The van der Waals surface area contributed by atoms with E-state index in [1.807, 2.05) is 54.6 Å². The summed E-state index contributed by atoms with van der Waals surface area (Å²) in [5.74, 6) is 0. The zero-order valence-corrected chi connectivity index (χ0v) is 14.5. The highest BCUT2D eigenvalue weighted by Gasteiger charge is 2.14. The van der Waals surface area contributed by atoms with Crippen molar-refractivity contribution in [2.45, 2.75) is 0 Å². The molecule has 108 valence electrons. The number of halogens is 3. The van der Waals surface area contributed by atoms with E-state index in [4.69, 9.17) is 23.2 Å². The number of aromatic nitrogens is 1. The molecule has 0 fully saturated rings. The molecule has 4 rings (SSSR count). The van der Waals surface area contributed by atoms with E-state index in [9.17, 15) is 0 Å². The Hall–Kier alpha value is -1.48. The lowest BCUT2D eigenvalue weighted by Gasteiger charge is -2.09. The summed E-state index contributed by atoms with van der Waals surface area (Å²) in [5, 5.41) is 3.64. The fourth-order valence-electron chi connectivity index (χ4n) is 2.86. The molecule has 0 saturated carbocycles. The maximum absolute atomic E-state index is 6.19. The fourth-order valence-corrected chi connectivity index (χ4v) is 3.67. The van der Waals surface area contributed by atoms with Gasteiger partial charge in [-0.05, 0) is 64.5 Å². The highest BCUT2D eigenvalue weighted by Crippen LogP contribution is 2.36. The average molecular weight is 391 g/mol. The van der Waals surface area contributed by atoms with E-state index in [-0.39, 0.29) is 0 Å². The summed E-state index contributed by atoms with van der Waals surface area (Å²) in [7, 11) is 0. The smallest absolute Gasteiger partial charge is 0.0604 e. The first kappa shape index (κ1) is 14.1. The second kappa shape index (κ2) is 5.31. The Morgan fingerprint density at radius 1 is 0.727 bits per heavy atom. The molecular formula is C18H10BrCl2N. The van der Waals surface area contributed by atoms with Crippen LogP contribution in [0.5, 0.6) is 0 Å². The van der Waals surface area contributed by atoms with E-state index in [0.29, 0.717) is 0 Å². The van der Waals surface area contributed by atoms with Gasteiger partial charge in [0.1, 0.15) is 0 Å². The van der Waals surface area contributed by atoms with Crippen molar-refractivity contribution in [1.82, 2.24) is 4.57 Å². The van der Waals surface area contributed by atoms with Crippen LogP contribution < -0.4 is 0 Å². The summed E-state index contributed by atoms with van der Waals surface area (Å²) in [6, 6.07) is 20.1. The van der Waals surface area contributed by atoms with Crippen LogP contribution in [0, 0.1) is 0 Å². The van der Waals surface area contributed by atoms with Crippen LogP contribution >= 0.6 is 39.1 Å². The van der Waals surface area contributed by atoms with Gasteiger partial charge in [-0.3, -0.25) is 0 Å². The van der Waals surface area contributed by atoms with Crippen molar-refractivity contribution in [3.05, 3.63) is 75.2 Å². The number of hydrogen-bond donors (Lipinski definition) is 0. The van der Waals surface area contributed by atoms with Crippen LogP contribution in [0.3, 0.4) is 0 Å². The van der Waals surface area contributed by atoms with Crippen LogP contribution in [0.1, 0.15) is 0 Å². The van der Waals surface area contributed by atoms with Gasteiger partial charge in [-0.1, -0.05) is 35.3 Å². The monoisotopic (exact) mass is 389 g/mol. The Kier molecular flexibility index (Phi) is 3.41. The third-order valence-corrected chi connectivity index (χ3v) is 4.92. The van der Waals surface area contributed by atoms with Gasteiger partial charge in [-0.25, -0.2) is 0 Å². The minimum absolute atomic E-state index is 0.721. The molecule has 1 aromatic heterocycles. The van der Waals surface area contributed by atoms with Crippen molar-refractivity contribution < 1.29 is 0 Å². The van der Waals surface area contributed by atoms with E-state index in [1.165, 1.54) is 0 Å². The summed E-state index contributed by atoms with van der Waals surface area (Å²) in [6.45, 7) is 0. The third-order valence-electron chi connectivity index (χ3n) is 3.78. The molecule has 0 radical (unpaired) electrons. The van der Waals surface area contributed by atoms with E-state index in [1.54, 1.807) is 0 Å². The van der Waals surface area contributed by atoms with Crippen molar-refractivity contribution in [3.63, 3.8) is 0 Å². The van der Waals surface area contributed by atoms with Crippen LogP contribution in [-0.2, 0) is 0 Å². The first-order valence-electron chi connectivity index (χ1n) is 6.79. The minimum Gasteiger partial charge on any atom is -0.308 e. The summed E-state index contributed by atoms with van der Waals surface area (Å²) in [4.78, 5) is 0. The topological polar surface area (TPSA) is 4.93 Å². The van der Waals surface area contributed by atoms with Gasteiger partial charge in [-0.15, -0.1) is 0 Å². The highest BCUT2D eigenvalue weighted by atomic mass is 79.9. The van der Waals surface area contributed by atoms with Gasteiger partial charge in [-0.2, -0.15) is 0 Å². The van der Waals surface area contributed by atoms with Crippen molar-refractivity contribution >= 4 is 60.9 Å². The lowest BCUT2D eigenvalue weighted by atomic mass is 10.1. The lowest BCUT2D eigenvalue weighted by Crippen LogP contribution is -1.94. The number of nitrogens with zero attached hydrogens (tertiary/aromatic N) is 1. The quantitative estimate of drug-likeness (QED) is 0.334. The van der Waals surface area contributed by atoms with Gasteiger partial charge < -0.3 is 4.57 Å². The maximum Gasteiger partial charge on any atom is 0.0604 e. The molecule has 4 aromatic rings. The molecule has 0 N–H and O–H groups in total. The van der Waals surface area contributed by atoms with Gasteiger partial charge in [0.2, 0.25) is 0 Å². The van der Waals surface area contributed by atoms with Crippen LogP contribution in [0.4, 0.5) is 0 Å². The third kappa shape index (κ3) is 2.14. The molecule has 4 heteroatoms. The highest BCUT2D eigenvalue weighted by molar-refractivity contribution is 9.10. The number of benzene rings is 3. The molecule has 3 aromatic carbocycles. The predicted octanol–water partition coefficient (Wildman–Crippen LogP) is 6.85. The standard InChI is InChI=1S/C18H10BrCl2N/c19-15-3-1-2-4-18(15)22-16-7-5-11(20)9-13(16)14-10-12(21)6-8-17(14)22/h1-10H. The second-order valence-corrected chi connectivity index (χ2v) is 6.84. The van der Waals surface area contributed by atoms with Crippen LogP contribution in [0.25, 0.3) is 27.5 Å².